The molecule has 5 heteroatoms. The van der Waals surface area contributed by atoms with E-state index >= 15 is 0 Å². The molecule has 0 saturated heterocycles. The van der Waals surface area contributed by atoms with E-state index in [1.807, 2.05) is 47.3 Å². The molecular formula is C11H10N4O. The van der Waals surface area contributed by atoms with Gasteiger partial charge in [0.2, 0.25) is 5.82 Å². The molecule has 0 aromatic carbocycles. The molecule has 0 N–H and O–H groups in total. The van der Waals surface area contributed by atoms with Gasteiger partial charge in [0.05, 0.1) is 0 Å². The normalized spacial score (nSPS) is 9.25. The Morgan fingerprint density at radius 1 is 0.938 bits per heavy atom. The molecule has 0 unspecified atom stereocenters. The Labute approximate surface area is 92.3 Å². The maximum Gasteiger partial charge on any atom is 0.200 e. The highest BCUT2D eigenvalue weighted by Gasteiger charge is 1.95. The van der Waals surface area contributed by atoms with E-state index in [1.54, 1.807) is 12.4 Å². The first kappa shape index (κ1) is 10.1. The molecule has 0 radical (unpaired) electrons. The Morgan fingerprint density at radius 2 is 1.69 bits per heavy atom. The summed E-state index contributed by atoms with van der Waals surface area (Å²) in [6, 6.07) is 9.54. The predicted molar refractivity (Wildman–Crippen MR) is 57.9 cm³/mol. The third-order valence-corrected chi connectivity index (χ3v) is 1.78. The fourth-order valence-electron chi connectivity index (χ4n) is 1.07. The highest BCUT2D eigenvalue weighted by molar-refractivity contribution is 5.15. The molecule has 80 valence electrons. The van der Waals surface area contributed by atoms with E-state index in [-0.39, 0.29) is 0 Å². The second kappa shape index (κ2) is 5.45. The van der Waals surface area contributed by atoms with Crippen LogP contribution in [0, 0.1) is 0 Å². The quantitative estimate of drug-likeness (QED) is 0.621. The van der Waals surface area contributed by atoms with Crippen LogP contribution in [0.4, 0.5) is 0 Å². The summed E-state index contributed by atoms with van der Waals surface area (Å²) >= 11 is 0. The third-order valence-electron chi connectivity index (χ3n) is 1.78. The minimum Gasteiger partial charge on any atom is -0.343 e. The minimum absolute atomic E-state index is 0.699. The smallest absolute Gasteiger partial charge is 0.200 e. The molecule has 0 aliphatic rings. The van der Waals surface area contributed by atoms with Gasteiger partial charge in [-0.3, -0.25) is 4.98 Å². The van der Waals surface area contributed by atoms with Crippen molar-refractivity contribution < 1.29 is 4.52 Å². The minimum atomic E-state index is 0.699. The molecule has 0 spiro atoms. The second-order valence-electron chi connectivity index (χ2n) is 2.88. The van der Waals surface area contributed by atoms with E-state index < -0.39 is 0 Å². The van der Waals surface area contributed by atoms with Crippen LogP contribution in [0.5, 0.6) is 0 Å². The number of pyridine rings is 1. The Hall–Kier alpha value is -2.43. The van der Waals surface area contributed by atoms with Gasteiger partial charge in [0.15, 0.2) is 6.26 Å². The van der Waals surface area contributed by atoms with Gasteiger partial charge in [-0.15, -0.1) is 0 Å². The van der Waals surface area contributed by atoms with Crippen LogP contribution in [0.1, 0.15) is 0 Å². The molecule has 0 aliphatic carbocycles. The molecule has 3 rings (SSSR count). The molecule has 0 amide bonds. The first-order chi connectivity index (χ1) is 7.97. The average molecular weight is 214 g/mol. The van der Waals surface area contributed by atoms with Crippen LogP contribution in [0.25, 0.3) is 5.82 Å². The van der Waals surface area contributed by atoms with Crippen LogP contribution in [0.15, 0.2) is 65.9 Å². The maximum absolute atomic E-state index is 4.56. The lowest BCUT2D eigenvalue weighted by molar-refractivity contribution is 0.393. The van der Waals surface area contributed by atoms with E-state index in [1.165, 1.54) is 6.26 Å². The van der Waals surface area contributed by atoms with Crippen LogP contribution in [-0.4, -0.2) is 19.9 Å². The van der Waals surface area contributed by atoms with Crippen LogP contribution >= 0.6 is 0 Å². The van der Waals surface area contributed by atoms with Crippen LogP contribution < -0.4 is 0 Å². The number of hydrogen-bond acceptors (Lipinski definition) is 4. The molecule has 3 aromatic heterocycles. The maximum atomic E-state index is 4.56. The fraction of sp³-hybridized carbons (Fsp3) is 0. The molecule has 0 aliphatic heterocycles. The van der Waals surface area contributed by atoms with Crippen molar-refractivity contribution in [3.8, 4) is 5.82 Å². The van der Waals surface area contributed by atoms with Crippen molar-refractivity contribution in [3.63, 3.8) is 0 Å². The Kier molecular flexibility index (Phi) is 3.44. The van der Waals surface area contributed by atoms with Gasteiger partial charge in [0, 0.05) is 30.1 Å². The van der Waals surface area contributed by atoms with E-state index in [9.17, 15) is 0 Å². The molecule has 3 heterocycles. The Morgan fingerprint density at radius 3 is 2.12 bits per heavy atom. The van der Waals surface area contributed by atoms with Crippen LogP contribution in [-0.2, 0) is 0 Å². The fourth-order valence-corrected chi connectivity index (χ4v) is 1.07. The zero-order valence-electron chi connectivity index (χ0n) is 8.47. The monoisotopic (exact) mass is 214 g/mol. The largest absolute Gasteiger partial charge is 0.343 e. The average Bonchev–Trinajstić information content (AvgIpc) is 3.05. The molecule has 0 saturated carbocycles. The van der Waals surface area contributed by atoms with Crippen LogP contribution in [0.3, 0.4) is 0 Å². The molecule has 0 bridgehead atoms. The first-order valence-electron chi connectivity index (χ1n) is 4.72. The van der Waals surface area contributed by atoms with Gasteiger partial charge in [0.25, 0.3) is 0 Å². The number of hydrogen-bond donors (Lipinski definition) is 0. The van der Waals surface area contributed by atoms with Crippen molar-refractivity contribution in [2.75, 3.05) is 0 Å². The summed E-state index contributed by atoms with van der Waals surface area (Å²) in [6.07, 6.45) is 8.74. The summed E-state index contributed by atoms with van der Waals surface area (Å²) in [7, 11) is 0. The van der Waals surface area contributed by atoms with E-state index in [0.29, 0.717) is 5.82 Å². The number of rotatable bonds is 1. The zero-order chi connectivity index (χ0) is 11.1. The van der Waals surface area contributed by atoms with Crippen molar-refractivity contribution in [1.82, 2.24) is 19.9 Å². The summed E-state index contributed by atoms with van der Waals surface area (Å²) in [5, 5.41) is 7.04. The van der Waals surface area contributed by atoms with Crippen molar-refractivity contribution in [2.45, 2.75) is 0 Å². The lowest BCUT2D eigenvalue weighted by Gasteiger charge is -1.89. The van der Waals surface area contributed by atoms with Gasteiger partial charge in [-0.05, 0) is 24.3 Å². The van der Waals surface area contributed by atoms with Crippen molar-refractivity contribution in [3.05, 3.63) is 61.4 Å². The van der Waals surface area contributed by atoms with Crippen molar-refractivity contribution >= 4 is 0 Å². The van der Waals surface area contributed by atoms with Gasteiger partial charge in [-0.1, -0.05) is 11.2 Å². The lowest BCUT2D eigenvalue weighted by Crippen LogP contribution is -1.88. The summed E-state index contributed by atoms with van der Waals surface area (Å²) < 4.78 is 6.37. The van der Waals surface area contributed by atoms with E-state index in [2.05, 4.69) is 19.9 Å². The van der Waals surface area contributed by atoms with Crippen molar-refractivity contribution in [1.29, 1.82) is 0 Å². The van der Waals surface area contributed by atoms with Gasteiger partial charge in [-0.25, -0.2) is 0 Å². The predicted octanol–water partition coefficient (Wildman–Crippen LogP) is 1.94. The number of aromatic nitrogens is 4. The summed E-state index contributed by atoms with van der Waals surface area (Å²) in [4.78, 5) is 3.78. The molecule has 16 heavy (non-hydrogen) atoms. The molecule has 0 fully saturated rings. The molecule has 0 atom stereocenters. The highest BCUT2D eigenvalue weighted by Crippen LogP contribution is 2.00. The van der Waals surface area contributed by atoms with Gasteiger partial charge in [0.1, 0.15) is 0 Å². The standard InChI is InChI=1S/C6H5N3O.C5H5N/c1-2-4-9(3-1)6-5-10-8-7-6;1-2-4-6-5-3-1/h1-5H;1-5H. The SMILES string of the molecule is c1ccn(-c2conn2)c1.c1ccncc1. The van der Waals surface area contributed by atoms with E-state index in [0.717, 1.165) is 0 Å². The second-order valence-corrected chi connectivity index (χ2v) is 2.88. The highest BCUT2D eigenvalue weighted by atomic mass is 16.5. The first-order valence-corrected chi connectivity index (χ1v) is 4.72. The Bertz CT molecular complexity index is 417. The summed E-state index contributed by atoms with van der Waals surface area (Å²) in [5.74, 6) is 0.699. The van der Waals surface area contributed by atoms with Crippen molar-refractivity contribution in [2.24, 2.45) is 0 Å². The lowest BCUT2D eigenvalue weighted by atomic mass is 10.5. The summed E-state index contributed by atoms with van der Waals surface area (Å²) in [6.45, 7) is 0. The third kappa shape index (κ3) is 2.78. The molecule has 5 nitrogen and oxygen atoms in total. The number of nitrogens with zero attached hydrogens (tertiary/aromatic N) is 4. The topological polar surface area (TPSA) is 56.7 Å². The zero-order valence-corrected chi connectivity index (χ0v) is 8.47. The van der Waals surface area contributed by atoms with Gasteiger partial charge < -0.3 is 9.09 Å². The molecule has 3 aromatic rings. The Balaban J connectivity index is 0.000000138. The van der Waals surface area contributed by atoms with E-state index in [4.69, 9.17) is 0 Å². The summed E-state index contributed by atoms with van der Waals surface area (Å²) in [5.41, 5.74) is 0. The van der Waals surface area contributed by atoms with Gasteiger partial charge >= 0.3 is 0 Å². The van der Waals surface area contributed by atoms with Gasteiger partial charge in [-0.2, -0.15) is 0 Å². The van der Waals surface area contributed by atoms with Crippen LogP contribution in [0.2, 0.25) is 0 Å². The molecular weight excluding hydrogens is 204 g/mol.